The predicted octanol–water partition coefficient (Wildman–Crippen LogP) is 4.57. The molecule has 0 atom stereocenters. The summed E-state index contributed by atoms with van der Waals surface area (Å²) in [5.41, 5.74) is 2.74. The van der Waals surface area contributed by atoms with Gasteiger partial charge in [-0.25, -0.2) is 0 Å². The first-order valence-corrected chi connectivity index (χ1v) is 7.84. The van der Waals surface area contributed by atoms with Gasteiger partial charge in [0.15, 0.2) is 0 Å². The lowest BCUT2D eigenvalue weighted by Crippen LogP contribution is -2.35. The third kappa shape index (κ3) is 5.15. The number of hydrogen-bond donors (Lipinski definition) is 1. The highest BCUT2D eigenvalue weighted by Crippen LogP contribution is 2.28. The Labute approximate surface area is 126 Å². The molecule has 19 heavy (non-hydrogen) atoms. The van der Waals surface area contributed by atoms with E-state index in [9.17, 15) is 0 Å². The third-order valence-electron chi connectivity index (χ3n) is 3.11. The van der Waals surface area contributed by atoms with E-state index in [4.69, 9.17) is 0 Å². The molecule has 0 saturated heterocycles. The van der Waals surface area contributed by atoms with Crippen LogP contribution in [0.25, 0.3) is 0 Å². The molecule has 0 aliphatic heterocycles. The summed E-state index contributed by atoms with van der Waals surface area (Å²) >= 11 is 3.71. The molecule has 0 radical (unpaired) electrons. The molecule has 1 rings (SSSR count). The van der Waals surface area contributed by atoms with Gasteiger partial charge < -0.3 is 10.2 Å². The van der Waals surface area contributed by atoms with E-state index in [0.717, 1.165) is 13.1 Å². The zero-order valence-corrected chi connectivity index (χ0v) is 14.6. The van der Waals surface area contributed by atoms with Crippen LogP contribution in [0.5, 0.6) is 0 Å². The van der Waals surface area contributed by atoms with Crippen molar-refractivity contribution in [2.45, 2.75) is 59.7 Å². The van der Waals surface area contributed by atoms with Gasteiger partial charge in [0.05, 0.1) is 5.69 Å². The molecule has 108 valence electrons. The van der Waals surface area contributed by atoms with Crippen molar-refractivity contribution in [1.82, 2.24) is 5.32 Å². The summed E-state index contributed by atoms with van der Waals surface area (Å²) in [4.78, 5) is 2.39. The van der Waals surface area contributed by atoms with Crippen LogP contribution in [0.1, 0.15) is 47.1 Å². The summed E-state index contributed by atoms with van der Waals surface area (Å²) in [6.07, 6.45) is 0. The molecule has 0 saturated carbocycles. The van der Waals surface area contributed by atoms with Crippen LogP contribution in [-0.4, -0.2) is 18.1 Å². The third-order valence-corrected chi connectivity index (χ3v) is 3.74. The molecule has 0 amide bonds. The lowest BCUT2D eigenvalue weighted by Gasteiger charge is -2.29. The van der Waals surface area contributed by atoms with Crippen molar-refractivity contribution in [1.29, 1.82) is 0 Å². The second kappa shape index (κ2) is 6.76. The molecule has 0 aliphatic carbocycles. The minimum absolute atomic E-state index is 0.151. The van der Waals surface area contributed by atoms with Crippen LogP contribution in [-0.2, 0) is 6.54 Å². The zero-order valence-electron chi connectivity index (χ0n) is 13.0. The van der Waals surface area contributed by atoms with Crippen molar-refractivity contribution < 1.29 is 0 Å². The minimum atomic E-state index is 0.151. The monoisotopic (exact) mass is 326 g/mol. The average Bonchev–Trinajstić information content (AvgIpc) is 2.28. The molecule has 1 aromatic rings. The van der Waals surface area contributed by atoms with Gasteiger partial charge in [0.25, 0.3) is 0 Å². The molecule has 2 nitrogen and oxygen atoms in total. The largest absolute Gasteiger partial charge is 0.368 e. The van der Waals surface area contributed by atoms with E-state index in [1.165, 1.54) is 15.7 Å². The standard InChI is InChI=1S/C16H27BrN2/c1-7-19(12(2)3)15-9-8-13(10-14(15)17)11-18-16(4,5)6/h8-10,12,18H,7,11H2,1-6H3. The fraction of sp³-hybridized carbons (Fsp3) is 0.625. The van der Waals surface area contributed by atoms with Gasteiger partial charge >= 0.3 is 0 Å². The summed E-state index contributed by atoms with van der Waals surface area (Å²) in [7, 11) is 0. The SMILES string of the molecule is CCN(c1ccc(CNC(C)(C)C)cc1Br)C(C)C. The molecule has 0 fully saturated rings. The Morgan fingerprint density at radius 1 is 1.26 bits per heavy atom. The summed E-state index contributed by atoms with van der Waals surface area (Å²) in [5.74, 6) is 0. The van der Waals surface area contributed by atoms with Crippen molar-refractivity contribution in [2.75, 3.05) is 11.4 Å². The Morgan fingerprint density at radius 3 is 2.32 bits per heavy atom. The maximum Gasteiger partial charge on any atom is 0.0513 e. The van der Waals surface area contributed by atoms with Crippen LogP contribution in [0.2, 0.25) is 0 Å². The Morgan fingerprint density at radius 2 is 1.89 bits per heavy atom. The molecule has 1 N–H and O–H groups in total. The highest BCUT2D eigenvalue weighted by atomic mass is 79.9. The van der Waals surface area contributed by atoms with Gasteiger partial charge in [0.2, 0.25) is 0 Å². The van der Waals surface area contributed by atoms with Crippen molar-refractivity contribution in [3.63, 3.8) is 0 Å². The fourth-order valence-electron chi connectivity index (χ4n) is 2.07. The van der Waals surface area contributed by atoms with Gasteiger partial charge in [-0.1, -0.05) is 6.07 Å². The van der Waals surface area contributed by atoms with E-state index in [2.05, 4.69) is 85.9 Å². The van der Waals surface area contributed by atoms with Gasteiger partial charge in [-0.3, -0.25) is 0 Å². The average molecular weight is 327 g/mol. The van der Waals surface area contributed by atoms with Gasteiger partial charge in [0, 0.05) is 29.1 Å². The maximum atomic E-state index is 3.71. The van der Waals surface area contributed by atoms with Crippen molar-refractivity contribution >= 4 is 21.6 Å². The molecule has 3 heteroatoms. The Hall–Kier alpha value is -0.540. The maximum absolute atomic E-state index is 3.71. The lowest BCUT2D eigenvalue weighted by atomic mass is 10.1. The zero-order chi connectivity index (χ0) is 14.6. The van der Waals surface area contributed by atoms with Crippen LogP contribution < -0.4 is 10.2 Å². The van der Waals surface area contributed by atoms with E-state index in [1.807, 2.05) is 0 Å². The van der Waals surface area contributed by atoms with Gasteiger partial charge in [-0.15, -0.1) is 0 Å². The summed E-state index contributed by atoms with van der Waals surface area (Å²) < 4.78 is 1.18. The molecule has 0 aromatic heterocycles. The Kier molecular flexibility index (Phi) is 5.87. The minimum Gasteiger partial charge on any atom is -0.368 e. The Balaban J connectivity index is 2.85. The molecular formula is C16H27BrN2. The number of anilines is 1. The second-order valence-corrected chi connectivity index (χ2v) is 7.12. The number of halogens is 1. The fourth-order valence-corrected chi connectivity index (χ4v) is 2.73. The lowest BCUT2D eigenvalue weighted by molar-refractivity contribution is 0.424. The molecule has 0 heterocycles. The van der Waals surface area contributed by atoms with Crippen LogP contribution >= 0.6 is 15.9 Å². The molecule has 0 unspecified atom stereocenters. The first-order chi connectivity index (χ1) is 8.74. The predicted molar refractivity (Wildman–Crippen MR) is 88.9 cm³/mol. The Bertz CT molecular complexity index is 408. The van der Waals surface area contributed by atoms with E-state index in [-0.39, 0.29) is 5.54 Å². The molecule has 0 bridgehead atoms. The normalized spacial score (nSPS) is 12.0. The van der Waals surface area contributed by atoms with Crippen LogP contribution in [0.4, 0.5) is 5.69 Å². The van der Waals surface area contributed by atoms with Crippen LogP contribution in [0, 0.1) is 0 Å². The van der Waals surface area contributed by atoms with Crippen LogP contribution in [0.3, 0.4) is 0 Å². The van der Waals surface area contributed by atoms with E-state index in [1.54, 1.807) is 0 Å². The van der Waals surface area contributed by atoms with Gasteiger partial charge in [-0.05, 0) is 75.2 Å². The van der Waals surface area contributed by atoms with Gasteiger partial charge in [-0.2, -0.15) is 0 Å². The molecule has 1 aromatic carbocycles. The number of nitrogens with zero attached hydrogens (tertiary/aromatic N) is 1. The van der Waals surface area contributed by atoms with Crippen molar-refractivity contribution in [3.05, 3.63) is 28.2 Å². The summed E-state index contributed by atoms with van der Waals surface area (Å²) in [6.45, 7) is 15.1. The van der Waals surface area contributed by atoms with E-state index in [0.29, 0.717) is 6.04 Å². The number of hydrogen-bond acceptors (Lipinski definition) is 2. The van der Waals surface area contributed by atoms with Crippen LogP contribution in [0.15, 0.2) is 22.7 Å². The number of nitrogens with one attached hydrogen (secondary N) is 1. The van der Waals surface area contributed by atoms with Crippen molar-refractivity contribution in [2.24, 2.45) is 0 Å². The highest BCUT2D eigenvalue weighted by Gasteiger charge is 2.13. The topological polar surface area (TPSA) is 15.3 Å². The van der Waals surface area contributed by atoms with E-state index < -0.39 is 0 Å². The smallest absolute Gasteiger partial charge is 0.0513 e. The second-order valence-electron chi connectivity index (χ2n) is 6.27. The molecule has 0 spiro atoms. The quantitative estimate of drug-likeness (QED) is 0.852. The van der Waals surface area contributed by atoms with E-state index >= 15 is 0 Å². The molecular weight excluding hydrogens is 300 g/mol. The number of benzene rings is 1. The van der Waals surface area contributed by atoms with Gasteiger partial charge in [0.1, 0.15) is 0 Å². The highest BCUT2D eigenvalue weighted by molar-refractivity contribution is 9.10. The number of rotatable bonds is 5. The summed E-state index contributed by atoms with van der Waals surface area (Å²) in [5, 5.41) is 3.52. The molecule has 0 aliphatic rings. The first-order valence-electron chi connectivity index (χ1n) is 7.04. The summed E-state index contributed by atoms with van der Waals surface area (Å²) in [6, 6.07) is 7.16. The van der Waals surface area contributed by atoms with Crippen molar-refractivity contribution in [3.8, 4) is 0 Å². The first kappa shape index (κ1) is 16.5.